The third-order valence-corrected chi connectivity index (χ3v) is 3.62. The van der Waals surface area contributed by atoms with Gasteiger partial charge in [0.1, 0.15) is 0 Å². The van der Waals surface area contributed by atoms with Crippen LogP contribution in [0.1, 0.15) is 45.4 Å². The molecular weight excluding hydrogens is 276 g/mol. The molecule has 0 bridgehead atoms. The SMILES string of the molecule is CC1=NN=C(NN=C2C(=O)OC3(CCCCC3)OC2=O)C1. The van der Waals surface area contributed by atoms with E-state index in [2.05, 4.69) is 20.7 Å². The van der Waals surface area contributed by atoms with E-state index in [0.29, 0.717) is 25.1 Å². The maximum absolute atomic E-state index is 12.0. The van der Waals surface area contributed by atoms with Crippen molar-refractivity contribution in [1.82, 2.24) is 5.43 Å². The Labute approximate surface area is 121 Å². The van der Waals surface area contributed by atoms with Crippen molar-refractivity contribution in [3.8, 4) is 0 Å². The van der Waals surface area contributed by atoms with Crippen molar-refractivity contribution in [2.75, 3.05) is 0 Å². The van der Waals surface area contributed by atoms with Crippen LogP contribution in [-0.2, 0) is 19.1 Å². The van der Waals surface area contributed by atoms with E-state index >= 15 is 0 Å². The zero-order valence-electron chi connectivity index (χ0n) is 11.7. The first kappa shape index (κ1) is 13.7. The van der Waals surface area contributed by atoms with Gasteiger partial charge in [-0.1, -0.05) is 6.42 Å². The molecule has 0 radical (unpaired) electrons. The topological polar surface area (TPSA) is 102 Å². The summed E-state index contributed by atoms with van der Waals surface area (Å²) in [7, 11) is 0. The van der Waals surface area contributed by atoms with Gasteiger partial charge >= 0.3 is 11.9 Å². The number of rotatable bonds is 1. The first-order valence-corrected chi connectivity index (χ1v) is 6.98. The number of carbonyl (C=O) groups excluding carboxylic acids is 2. The van der Waals surface area contributed by atoms with Crippen molar-refractivity contribution in [3.05, 3.63) is 0 Å². The molecule has 1 saturated carbocycles. The van der Waals surface area contributed by atoms with Crippen LogP contribution in [0.4, 0.5) is 0 Å². The molecule has 112 valence electrons. The second-order valence-corrected chi connectivity index (χ2v) is 5.38. The normalized spacial score (nSPS) is 24.1. The highest BCUT2D eigenvalue weighted by Crippen LogP contribution is 2.35. The van der Waals surface area contributed by atoms with E-state index in [4.69, 9.17) is 9.47 Å². The van der Waals surface area contributed by atoms with Gasteiger partial charge in [-0.15, -0.1) is 5.10 Å². The lowest BCUT2D eigenvalue weighted by Gasteiger charge is -2.38. The zero-order valence-corrected chi connectivity index (χ0v) is 11.7. The third-order valence-electron chi connectivity index (χ3n) is 3.62. The molecule has 0 atom stereocenters. The molecule has 1 saturated heterocycles. The number of amidine groups is 1. The van der Waals surface area contributed by atoms with Gasteiger partial charge in [0.2, 0.25) is 0 Å². The Hall–Kier alpha value is -2.25. The fourth-order valence-electron chi connectivity index (χ4n) is 2.57. The Kier molecular flexibility index (Phi) is 3.44. The van der Waals surface area contributed by atoms with Crippen molar-refractivity contribution in [2.24, 2.45) is 15.3 Å². The summed E-state index contributed by atoms with van der Waals surface area (Å²) in [5.74, 6) is -2.12. The van der Waals surface area contributed by atoms with Crippen LogP contribution in [0.25, 0.3) is 0 Å². The van der Waals surface area contributed by atoms with Crippen LogP contribution in [0.2, 0.25) is 0 Å². The number of carbonyl (C=O) groups is 2. The lowest BCUT2D eigenvalue weighted by Crippen LogP contribution is -2.51. The van der Waals surface area contributed by atoms with Gasteiger partial charge in [-0.3, -0.25) is 5.43 Å². The van der Waals surface area contributed by atoms with Crippen molar-refractivity contribution in [2.45, 2.75) is 51.2 Å². The highest BCUT2D eigenvalue weighted by Gasteiger charge is 2.47. The number of hydrazone groups is 1. The molecule has 0 aromatic heterocycles. The van der Waals surface area contributed by atoms with Gasteiger partial charge in [0.25, 0.3) is 11.5 Å². The first-order chi connectivity index (χ1) is 10.1. The number of nitrogens with one attached hydrogen (secondary N) is 1. The molecule has 1 N–H and O–H groups in total. The van der Waals surface area contributed by atoms with Crippen LogP contribution in [0.3, 0.4) is 0 Å². The molecule has 0 aromatic rings. The molecule has 0 unspecified atom stereocenters. The van der Waals surface area contributed by atoms with Gasteiger partial charge in [0.15, 0.2) is 5.84 Å². The highest BCUT2D eigenvalue weighted by atomic mass is 16.7. The van der Waals surface area contributed by atoms with E-state index < -0.39 is 23.4 Å². The standard InChI is InChI=1S/C13H16N4O4/c1-8-7-9(15-14-8)16-17-10-11(18)20-13(21-12(10)19)5-3-2-4-6-13/h2-7H2,1H3,(H,15,16). The third kappa shape index (κ3) is 2.79. The molecular formula is C13H16N4O4. The van der Waals surface area contributed by atoms with E-state index in [1.807, 2.05) is 6.92 Å². The zero-order chi connectivity index (χ0) is 14.9. The van der Waals surface area contributed by atoms with Crippen LogP contribution in [0, 0.1) is 0 Å². The summed E-state index contributed by atoms with van der Waals surface area (Å²) in [4.78, 5) is 24.0. The summed E-state index contributed by atoms with van der Waals surface area (Å²) in [6, 6.07) is 0. The fraction of sp³-hybridized carbons (Fsp3) is 0.615. The number of nitrogens with zero attached hydrogens (tertiary/aromatic N) is 3. The maximum atomic E-state index is 12.0. The second kappa shape index (κ2) is 5.27. The Balaban J connectivity index is 1.68. The summed E-state index contributed by atoms with van der Waals surface area (Å²) in [5, 5.41) is 11.4. The van der Waals surface area contributed by atoms with E-state index in [9.17, 15) is 9.59 Å². The van der Waals surface area contributed by atoms with Crippen molar-refractivity contribution in [3.63, 3.8) is 0 Å². The monoisotopic (exact) mass is 292 g/mol. The first-order valence-electron chi connectivity index (χ1n) is 6.98. The van der Waals surface area contributed by atoms with Gasteiger partial charge in [-0.25, -0.2) is 9.59 Å². The predicted octanol–water partition coefficient (Wildman–Crippen LogP) is 0.870. The van der Waals surface area contributed by atoms with Crippen LogP contribution in [0.5, 0.6) is 0 Å². The molecule has 3 aliphatic rings. The Bertz CT molecular complexity index is 551. The maximum Gasteiger partial charge on any atom is 0.369 e. The van der Waals surface area contributed by atoms with Gasteiger partial charge in [-0.05, 0) is 19.8 Å². The predicted molar refractivity (Wildman–Crippen MR) is 73.7 cm³/mol. The van der Waals surface area contributed by atoms with Crippen LogP contribution in [0.15, 0.2) is 15.3 Å². The average molecular weight is 292 g/mol. The highest BCUT2D eigenvalue weighted by molar-refractivity contribution is 6.63. The molecule has 2 fully saturated rings. The van der Waals surface area contributed by atoms with Gasteiger partial charge in [0.05, 0.1) is 0 Å². The Morgan fingerprint density at radius 2 is 1.76 bits per heavy atom. The number of ether oxygens (including phenoxy) is 2. The fourth-order valence-corrected chi connectivity index (χ4v) is 2.57. The molecule has 2 heterocycles. The number of hydrogen-bond acceptors (Lipinski definition) is 8. The lowest BCUT2D eigenvalue weighted by atomic mass is 9.93. The van der Waals surface area contributed by atoms with Gasteiger partial charge < -0.3 is 9.47 Å². The molecule has 8 heteroatoms. The van der Waals surface area contributed by atoms with Gasteiger partial charge in [-0.2, -0.15) is 10.2 Å². The minimum atomic E-state index is -1.09. The molecule has 0 aromatic carbocycles. The van der Waals surface area contributed by atoms with Crippen LogP contribution >= 0.6 is 0 Å². The van der Waals surface area contributed by atoms with E-state index in [1.54, 1.807) is 0 Å². The van der Waals surface area contributed by atoms with E-state index in [1.165, 1.54) is 0 Å². The second-order valence-electron chi connectivity index (χ2n) is 5.38. The quantitative estimate of drug-likeness (QED) is 0.570. The van der Waals surface area contributed by atoms with Crippen molar-refractivity contribution >= 4 is 29.2 Å². The summed E-state index contributed by atoms with van der Waals surface area (Å²) in [6.07, 6.45) is 4.40. The minimum absolute atomic E-state index is 0.390. The number of esters is 2. The minimum Gasteiger partial charge on any atom is -0.417 e. The van der Waals surface area contributed by atoms with E-state index in [0.717, 1.165) is 25.0 Å². The Morgan fingerprint density at radius 1 is 1.10 bits per heavy atom. The summed E-state index contributed by atoms with van der Waals surface area (Å²) in [5.41, 5.74) is 2.99. The largest absolute Gasteiger partial charge is 0.417 e. The van der Waals surface area contributed by atoms with Crippen molar-refractivity contribution < 1.29 is 19.1 Å². The summed E-state index contributed by atoms with van der Waals surface area (Å²) >= 11 is 0. The molecule has 0 amide bonds. The molecule has 1 aliphatic carbocycles. The van der Waals surface area contributed by atoms with Crippen LogP contribution < -0.4 is 5.43 Å². The van der Waals surface area contributed by atoms with Crippen molar-refractivity contribution in [1.29, 1.82) is 0 Å². The van der Waals surface area contributed by atoms with E-state index in [-0.39, 0.29) is 0 Å². The number of hydrogen-bond donors (Lipinski definition) is 1. The smallest absolute Gasteiger partial charge is 0.369 e. The van der Waals surface area contributed by atoms with Crippen LogP contribution in [-0.4, -0.2) is 35.0 Å². The molecule has 1 spiro atoms. The molecule has 2 aliphatic heterocycles. The molecule has 3 rings (SSSR count). The molecule has 8 nitrogen and oxygen atoms in total. The lowest BCUT2D eigenvalue weighted by molar-refractivity contribution is -0.237. The van der Waals surface area contributed by atoms with Gasteiger partial charge in [0, 0.05) is 25.0 Å². The average Bonchev–Trinajstić information content (AvgIpc) is 2.84. The summed E-state index contributed by atoms with van der Waals surface area (Å²) in [6.45, 7) is 1.82. The Morgan fingerprint density at radius 3 is 2.33 bits per heavy atom. The summed E-state index contributed by atoms with van der Waals surface area (Å²) < 4.78 is 10.6. The molecule has 21 heavy (non-hydrogen) atoms.